The number of rotatable bonds is 16. The van der Waals surface area contributed by atoms with E-state index in [0.717, 1.165) is 39.1 Å². The largest absolute Gasteiger partial charge is 0.478 e. The molecule has 0 bridgehead atoms. The van der Waals surface area contributed by atoms with Crippen LogP contribution < -0.4 is 0 Å². The summed E-state index contributed by atoms with van der Waals surface area (Å²) >= 11 is 0. The fourth-order valence-corrected chi connectivity index (χ4v) is 4.85. The Balaban J connectivity index is 0.000000353. The number of carboxylic acid groups (broad SMARTS) is 1. The molecule has 1 saturated heterocycles. The highest BCUT2D eigenvalue weighted by Crippen LogP contribution is 2.31. The molecule has 1 heterocycles. The van der Waals surface area contributed by atoms with Gasteiger partial charge in [-0.25, -0.2) is 19.2 Å². The van der Waals surface area contributed by atoms with E-state index in [1.165, 1.54) is 6.21 Å². The summed E-state index contributed by atoms with van der Waals surface area (Å²) in [4.78, 5) is 46.7. The van der Waals surface area contributed by atoms with Gasteiger partial charge in [0.15, 0.2) is 0 Å². The molecule has 3 aromatic carbocycles. The average molecular weight is 654 g/mol. The first-order valence-electron chi connectivity index (χ1n) is 16.0. The van der Waals surface area contributed by atoms with Crippen LogP contribution in [0, 0.1) is 5.41 Å². The molecule has 0 aliphatic carbocycles. The molecule has 0 saturated carbocycles. The standard InChI is InChI=1S/C28H27NO4.C11H16O4/c1-3-7-22(28(31)33-27(30)18(2)12-13-23-17-32-23)15-21-10-6-9-20-14-19-8-4-5-11-24(19)25(16-29)26(20)21;1-4-8(2)11(14)15-7-5-6-9(3)10(12)13/h4-6,8-11,14-16,23,29H,2-3,7,12-13,17H2,1H3;2-7H2,1H3,(H,12,13). The highest BCUT2D eigenvalue weighted by Gasteiger charge is 2.24. The molecule has 0 aromatic heterocycles. The summed E-state index contributed by atoms with van der Waals surface area (Å²) in [7, 11) is 0. The van der Waals surface area contributed by atoms with Crippen LogP contribution in [-0.2, 0) is 33.4 Å². The van der Waals surface area contributed by atoms with Gasteiger partial charge < -0.3 is 24.7 Å². The molecule has 0 spiro atoms. The molecule has 9 nitrogen and oxygen atoms in total. The van der Waals surface area contributed by atoms with Crippen molar-refractivity contribution in [3.05, 3.63) is 102 Å². The summed E-state index contributed by atoms with van der Waals surface area (Å²) in [5.74, 6) is -2.77. The van der Waals surface area contributed by atoms with E-state index in [1.54, 1.807) is 6.08 Å². The van der Waals surface area contributed by atoms with Crippen molar-refractivity contribution in [3.63, 3.8) is 0 Å². The van der Waals surface area contributed by atoms with Crippen molar-refractivity contribution >= 4 is 57.7 Å². The summed E-state index contributed by atoms with van der Waals surface area (Å²) < 4.78 is 15.2. The number of benzene rings is 3. The van der Waals surface area contributed by atoms with Crippen molar-refractivity contribution in [1.82, 2.24) is 0 Å². The second kappa shape index (κ2) is 18.3. The summed E-state index contributed by atoms with van der Waals surface area (Å²) in [6.45, 7) is 15.4. The van der Waals surface area contributed by atoms with Crippen LogP contribution in [0.3, 0.4) is 0 Å². The van der Waals surface area contributed by atoms with Gasteiger partial charge in [-0.05, 0) is 77.8 Å². The maximum atomic E-state index is 12.9. The van der Waals surface area contributed by atoms with Crippen molar-refractivity contribution in [2.75, 3.05) is 13.2 Å². The Bertz CT molecular complexity index is 1760. The van der Waals surface area contributed by atoms with Gasteiger partial charge in [-0.2, -0.15) is 0 Å². The summed E-state index contributed by atoms with van der Waals surface area (Å²) in [5.41, 5.74) is 2.85. The van der Waals surface area contributed by atoms with Gasteiger partial charge in [-0.15, -0.1) is 0 Å². The van der Waals surface area contributed by atoms with Crippen LogP contribution in [0.5, 0.6) is 0 Å². The lowest BCUT2D eigenvalue weighted by molar-refractivity contribution is -0.154. The maximum Gasteiger partial charge on any atom is 0.341 e. The van der Waals surface area contributed by atoms with Crippen LogP contribution in [0.25, 0.3) is 27.6 Å². The lowest BCUT2D eigenvalue weighted by Gasteiger charge is -2.12. The van der Waals surface area contributed by atoms with E-state index in [2.05, 4.69) is 25.8 Å². The van der Waals surface area contributed by atoms with E-state index in [4.69, 9.17) is 24.7 Å². The van der Waals surface area contributed by atoms with Gasteiger partial charge in [0.2, 0.25) is 0 Å². The summed E-state index contributed by atoms with van der Waals surface area (Å²) in [6.07, 6.45) is 7.01. The van der Waals surface area contributed by atoms with E-state index in [9.17, 15) is 19.2 Å². The Labute approximate surface area is 281 Å². The Morgan fingerprint density at radius 3 is 2.27 bits per heavy atom. The van der Waals surface area contributed by atoms with Gasteiger partial charge in [-0.1, -0.05) is 82.5 Å². The lowest BCUT2D eigenvalue weighted by Crippen LogP contribution is -2.16. The first-order chi connectivity index (χ1) is 23.0. The SMILES string of the molecule is C=C(CCC1CO1)C(=O)OC(=O)C(=Cc1cccc2cc3ccccc3c(C=N)c12)CCC.C=C(CCCOC(=O)C(=C)CC)C(=O)O. The van der Waals surface area contributed by atoms with E-state index < -0.39 is 23.9 Å². The van der Waals surface area contributed by atoms with E-state index >= 15 is 0 Å². The molecule has 0 amide bonds. The number of carboxylic acids is 1. The third-order valence-electron chi connectivity index (χ3n) is 7.73. The number of esters is 3. The molecule has 4 rings (SSSR count). The Morgan fingerprint density at radius 1 is 0.917 bits per heavy atom. The zero-order valence-corrected chi connectivity index (χ0v) is 27.6. The molecule has 1 unspecified atom stereocenters. The Kier molecular flexibility index (Phi) is 14.2. The predicted octanol–water partition coefficient (Wildman–Crippen LogP) is 7.90. The molecule has 9 heteroatoms. The average Bonchev–Trinajstić information content (AvgIpc) is 3.92. The minimum atomic E-state index is -1.01. The highest BCUT2D eigenvalue weighted by molar-refractivity contribution is 6.15. The first-order valence-corrected chi connectivity index (χ1v) is 16.0. The van der Waals surface area contributed by atoms with Crippen molar-refractivity contribution in [3.8, 4) is 0 Å². The topological polar surface area (TPSA) is 143 Å². The zero-order chi connectivity index (χ0) is 35.2. The Morgan fingerprint density at radius 2 is 1.62 bits per heavy atom. The van der Waals surface area contributed by atoms with Gasteiger partial charge in [0.25, 0.3) is 0 Å². The fraction of sp³-hybridized carbons (Fsp3) is 0.308. The smallest absolute Gasteiger partial charge is 0.341 e. The number of nitrogens with one attached hydrogen (secondary N) is 1. The molecule has 1 fully saturated rings. The van der Waals surface area contributed by atoms with E-state index in [1.807, 2.05) is 56.3 Å². The number of aliphatic carboxylic acids is 1. The minimum Gasteiger partial charge on any atom is -0.478 e. The molecular weight excluding hydrogens is 610 g/mol. The lowest BCUT2D eigenvalue weighted by atomic mass is 9.93. The van der Waals surface area contributed by atoms with Crippen molar-refractivity contribution in [2.45, 2.75) is 64.9 Å². The van der Waals surface area contributed by atoms with Gasteiger partial charge in [0, 0.05) is 34.1 Å². The maximum absolute atomic E-state index is 12.9. The summed E-state index contributed by atoms with van der Waals surface area (Å²) in [6, 6.07) is 15.9. The van der Waals surface area contributed by atoms with Crippen LogP contribution in [0.1, 0.15) is 69.9 Å². The third-order valence-corrected chi connectivity index (χ3v) is 7.73. The van der Waals surface area contributed by atoms with Crippen LogP contribution in [0.4, 0.5) is 0 Å². The van der Waals surface area contributed by atoms with Crippen LogP contribution >= 0.6 is 0 Å². The van der Waals surface area contributed by atoms with Crippen LogP contribution in [0.2, 0.25) is 0 Å². The Hall–Kier alpha value is -5.15. The molecule has 3 aromatic rings. The quantitative estimate of drug-likeness (QED) is 0.0302. The number of carbonyl (C=O) groups excluding carboxylic acids is 3. The molecule has 0 radical (unpaired) electrons. The molecule has 1 aliphatic heterocycles. The van der Waals surface area contributed by atoms with Gasteiger partial charge in [-0.3, -0.25) is 0 Å². The van der Waals surface area contributed by atoms with E-state index in [-0.39, 0.29) is 23.9 Å². The molecule has 252 valence electrons. The fourth-order valence-electron chi connectivity index (χ4n) is 4.85. The first kappa shape index (κ1) is 37.3. The number of epoxide rings is 1. The molecule has 1 aliphatic rings. The molecule has 48 heavy (non-hydrogen) atoms. The second-order valence-corrected chi connectivity index (χ2v) is 11.4. The monoisotopic (exact) mass is 653 g/mol. The number of hydrogen-bond acceptors (Lipinski definition) is 8. The van der Waals surface area contributed by atoms with Crippen molar-refractivity contribution in [2.24, 2.45) is 0 Å². The molecule has 1 atom stereocenters. The third kappa shape index (κ3) is 10.7. The van der Waals surface area contributed by atoms with E-state index in [0.29, 0.717) is 56.3 Å². The summed E-state index contributed by atoms with van der Waals surface area (Å²) in [5, 5.41) is 20.5. The van der Waals surface area contributed by atoms with Gasteiger partial charge in [0.05, 0.1) is 19.3 Å². The zero-order valence-electron chi connectivity index (χ0n) is 27.6. The number of carbonyl (C=O) groups is 4. The van der Waals surface area contributed by atoms with Crippen molar-refractivity contribution in [1.29, 1.82) is 5.41 Å². The number of hydrogen-bond donors (Lipinski definition) is 2. The van der Waals surface area contributed by atoms with Gasteiger partial charge in [0.1, 0.15) is 0 Å². The molecular formula is C39H43NO8. The van der Waals surface area contributed by atoms with Crippen molar-refractivity contribution < 1.29 is 38.5 Å². The number of fused-ring (bicyclic) bond motifs is 2. The normalized spacial score (nSPS) is 13.5. The molecule has 2 N–H and O–H groups in total. The highest BCUT2D eigenvalue weighted by atomic mass is 16.6. The predicted molar refractivity (Wildman–Crippen MR) is 188 cm³/mol. The van der Waals surface area contributed by atoms with Crippen LogP contribution in [-0.4, -0.2) is 54.5 Å². The number of ether oxygens (including phenoxy) is 3. The minimum absolute atomic E-state index is 0.125. The van der Waals surface area contributed by atoms with Crippen LogP contribution in [0.15, 0.2) is 90.6 Å². The van der Waals surface area contributed by atoms with Gasteiger partial charge >= 0.3 is 23.9 Å². The second-order valence-electron chi connectivity index (χ2n) is 11.4.